The molecule has 0 spiro atoms. The van der Waals surface area contributed by atoms with Crippen molar-refractivity contribution in [3.05, 3.63) is 10.4 Å². The second-order valence-electron chi connectivity index (χ2n) is 0.747. The summed E-state index contributed by atoms with van der Waals surface area (Å²) in [5.41, 5.74) is 0. The second-order valence-corrected chi connectivity index (χ2v) is 0.747. The van der Waals surface area contributed by atoms with Gasteiger partial charge in [-0.25, -0.2) is 0 Å². The highest BCUT2D eigenvalue weighted by Crippen LogP contribution is 1.68. The van der Waals surface area contributed by atoms with Crippen molar-refractivity contribution < 1.29 is 14.7 Å². The molecule has 0 fully saturated rings. The highest BCUT2D eigenvalue weighted by molar-refractivity contribution is 5.14. The third-order valence-corrected chi connectivity index (χ3v) is 0.182. The van der Waals surface area contributed by atoms with Crippen LogP contribution in [0.5, 0.6) is 0 Å². The van der Waals surface area contributed by atoms with Gasteiger partial charge in [-0.1, -0.05) is 0 Å². The fourth-order valence-corrected chi connectivity index (χ4v) is 0.102. The summed E-state index contributed by atoms with van der Waals surface area (Å²) in [6.07, 6.45) is 0. The summed E-state index contributed by atoms with van der Waals surface area (Å²) >= 11 is 0. The van der Waals surface area contributed by atoms with Crippen LogP contribution in [-0.4, -0.2) is 23.2 Å². The van der Waals surface area contributed by atoms with E-state index in [0.717, 1.165) is 0 Å². The summed E-state index contributed by atoms with van der Waals surface area (Å²) in [4.78, 5) is 3.08. The van der Waals surface area contributed by atoms with Crippen LogP contribution in [0.4, 0.5) is 0 Å². The number of hydrogen-bond donors (Lipinski definition) is 0. The molecule has 0 saturated carbocycles. The zero-order valence-corrected chi connectivity index (χ0v) is 3.53. The van der Waals surface area contributed by atoms with Crippen molar-refractivity contribution in [3.8, 4) is 0 Å². The Morgan fingerprint density at radius 1 is 1.14 bits per heavy atom. The molecular weight excluding hydrogens is 100 g/mol. The van der Waals surface area contributed by atoms with Crippen LogP contribution >= 0.6 is 0 Å². The Hall–Kier alpha value is -1.26. The molecule has 0 saturated heterocycles. The summed E-state index contributed by atoms with van der Waals surface area (Å²) in [5, 5.41) is 19.1. The maximum absolute atomic E-state index is 9.56. The Bertz CT molecular complexity index is 87.1. The molecule has 0 radical (unpaired) electrons. The van der Waals surface area contributed by atoms with E-state index in [1.807, 2.05) is 0 Å². The lowest BCUT2D eigenvalue weighted by Crippen LogP contribution is -2.08. The Morgan fingerprint density at radius 2 is 1.43 bits per heavy atom. The molecule has 0 heterocycles. The molecular formula is C2H4N2O3. The predicted molar refractivity (Wildman–Crippen MR) is 22.6 cm³/mol. The molecule has 0 aromatic heterocycles. The molecule has 40 valence electrons. The third kappa shape index (κ3) is 4.74. The zero-order chi connectivity index (χ0) is 5.86. The fourth-order valence-electron chi connectivity index (χ4n) is 0.102. The van der Waals surface area contributed by atoms with Gasteiger partial charge in [-0.3, -0.25) is 10.4 Å². The van der Waals surface area contributed by atoms with E-state index in [1.54, 1.807) is 0 Å². The molecule has 0 aliphatic heterocycles. The van der Waals surface area contributed by atoms with Crippen molar-refractivity contribution in [3.63, 3.8) is 0 Å². The molecule has 7 heavy (non-hydrogen) atoms. The summed E-state index contributed by atoms with van der Waals surface area (Å²) in [5.74, 6) is 0. The fraction of sp³-hybridized carbons (Fsp3) is 0. The maximum atomic E-state index is 9.56. The lowest BCUT2D eigenvalue weighted by atomic mass is 11.7. The van der Waals surface area contributed by atoms with Crippen molar-refractivity contribution in [2.45, 2.75) is 0 Å². The van der Waals surface area contributed by atoms with Gasteiger partial charge in [0.05, 0.1) is 9.80 Å². The van der Waals surface area contributed by atoms with Gasteiger partial charge in [-0.2, -0.15) is 0 Å². The lowest BCUT2D eigenvalue weighted by Gasteiger charge is -1.89. The molecule has 5 heteroatoms. The molecule has 0 bridgehead atoms. The average molecular weight is 104 g/mol. The molecule has 0 aliphatic rings. The number of hydrogen-bond acceptors (Lipinski definition) is 3. The highest BCUT2D eigenvalue weighted by Gasteiger charge is 1.87. The predicted octanol–water partition coefficient (Wildman–Crippen LogP) is -0.745. The molecule has 0 aromatic carbocycles. The monoisotopic (exact) mass is 104 g/mol. The molecule has 0 amide bonds. The molecule has 5 nitrogen and oxygen atoms in total. The van der Waals surface area contributed by atoms with Gasteiger partial charge in [0.2, 0.25) is 13.4 Å². The van der Waals surface area contributed by atoms with Crippen LogP contribution < -0.4 is 0 Å². The van der Waals surface area contributed by atoms with E-state index < -0.39 is 0 Å². The Balaban J connectivity index is 3.32. The summed E-state index contributed by atoms with van der Waals surface area (Å²) in [6.45, 7) is 5.30. The summed E-state index contributed by atoms with van der Waals surface area (Å²) in [6, 6.07) is 0. The number of rotatable bonds is 2. The first kappa shape index (κ1) is 5.74. The third-order valence-electron chi connectivity index (χ3n) is 0.182. The largest absolute Gasteiger partial charge is 0.256 e. The van der Waals surface area contributed by atoms with Crippen molar-refractivity contribution in [2.24, 2.45) is 0 Å². The van der Waals surface area contributed by atoms with Gasteiger partial charge in [0.15, 0.2) is 0 Å². The lowest BCUT2D eigenvalue weighted by molar-refractivity contribution is -1.01. The van der Waals surface area contributed by atoms with E-state index in [-0.39, 0.29) is 9.80 Å². The van der Waals surface area contributed by atoms with Gasteiger partial charge in [0.1, 0.15) is 0 Å². The highest BCUT2D eigenvalue weighted by atomic mass is 17.0. The van der Waals surface area contributed by atoms with Crippen LogP contribution in [0.15, 0.2) is 0 Å². The number of nitrogens with zero attached hydrogens (tertiary/aromatic N) is 2. The van der Waals surface area contributed by atoms with E-state index in [2.05, 4.69) is 18.4 Å². The Kier molecular flexibility index (Phi) is 1.65. The summed E-state index contributed by atoms with van der Waals surface area (Å²) in [7, 11) is 0. The quantitative estimate of drug-likeness (QED) is 0.263. The summed E-state index contributed by atoms with van der Waals surface area (Å²) < 4.78 is 0. The van der Waals surface area contributed by atoms with E-state index >= 15 is 0 Å². The molecule has 0 aromatic rings. The Morgan fingerprint density at radius 3 is 1.43 bits per heavy atom. The van der Waals surface area contributed by atoms with Crippen LogP contribution in [0.3, 0.4) is 0 Å². The maximum Gasteiger partial charge on any atom is 0.203 e. The van der Waals surface area contributed by atoms with Gasteiger partial charge in [-0.15, -0.1) is 4.94 Å². The second kappa shape index (κ2) is 2.01. The van der Waals surface area contributed by atoms with Crippen molar-refractivity contribution in [1.29, 1.82) is 0 Å². The first-order valence-electron chi connectivity index (χ1n) is 1.36. The first-order chi connectivity index (χ1) is 3.13. The minimum Gasteiger partial charge on any atom is -0.256 e. The van der Waals surface area contributed by atoms with E-state index in [9.17, 15) is 10.4 Å². The molecule has 0 rings (SSSR count). The van der Waals surface area contributed by atoms with Crippen molar-refractivity contribution in [1.82, 2.24) is 0 Å². The van der Waals surface area contributed by atoms with E-state index in [4.69, 9.17) is 0 Å². The van der Waals surface area contributed by atoms with Gasteiger partial charge >= 0.3 is 0 Å². The van der Waals surface area contributed by atoms with Crippen LogP contribution in [0.1, 0.15) is 0 Å². The van der Waals surface area contributed by atoms with Gasteiger partial charge < -0.3 is 0 Å². The minimum absolute atomic E-state index is 0.250. The van der Waals surface area contributed by atoms with Crippen molar-refractivity contribution in [2.75, 3.05) is 0 Å². The molecule has 0 aliphatic carbocycles. The van der Waals surface area contributed by atoms with Crippen LogP contribution in [0, 0.1) is 10.4 Å². The van der Waals surface area contributed by atoms with Crippen LogP contribution in [-0.2, 0) is 4.94 Å². The van der Waals surface area contributed by atoms with Gasteiger partial charge in [0, 0.05) is 0 Å². The average Bonchev–Trinajstić information content (AvgIpc) is 1.27. The minimum atomic E-state index is -0.250. The van der Waals surface area contributed by atoms with E-state index in [0.29, 0.717) is 0 Å². The normalized spacial score (nSPS) is 7.43. The Labute approximate surface area is 39.8 Å². The van der Waals surface area contributed by atoms with Crippen LogP contribution in [0.25, 0.3) is 0 Å². The van der Waals surface area contributed by atoms with E-state index in [1.165, 1.54) is 0 Å². The topological polar surface area (TPSA) is 61.4 Å². The molecule has 0 atom stereocenters. The van der Waals surface area contributed by atoms with Gasteiger partial charge in [0.25, 0.3) is 0 Å². The standard InChI is InChI=1S/C2H4N2O3/c1-3(5)7-4(2)6/h1-2H2. The van der Waals surface area contributed by atoms with Crippen molar-refractivity contribution >= 4 is 13.4 Å². The zero-order valence-electron chi connectivity index (χ0n) is 3.53. The smallest absolute Gasteiger partial charge is 0.203 e. The first-order valence-corrected chi connectivity index (χ1v) is 1.36. The van der Waals surface area contributed by atoms with Gasteiger partial charge in [-0.05, 0) is 0 Å². The molecule has 0 N–H and O–H groups in total. The van der Waals surface area contributed by atoms with Crippen LogP contribution in [0.2, 0.25) is 0 Å². The SMILES string of the molecule is C=[N+]([O-])O[N+](=C)[O-]. The molecule has 0 unspecified atom stereocenters.